The molecule has 0 aliphatic rings. The molecule has 0 unspecified atom stereocenters. The van der Waals surface area contributed by atoms with Crippen LogP contribution in [0.2, 0.25) is 0 Å². The van der Waals surface area contributed by atoms with Gasteiger partial charge in [-0.3, -0.25) is 9.79 Å². The number of benzene rings is 1. The average Bonchev–Trinajstić information content (AvgIpc) is 2.28. The summed E-state index contributed by atoms with van der Waals surface area (Å²) in [4.78, 5) is 16.2. The maximum atomic E-state index is 11.8. The largest absolute Gasteiger partial charge is 0.294 e. The molecular formula is C16H23NO. The smallest absolute Gasteiger partial charge is 0.163 e. The summed E-state index contributed by atoms with van der Waals surface area (Å²) in [5, 5.41) is 0. The van der Waals surface area contributed by atoms with Gasteiger partial charge in [0.05, 0.1) is 6.54 Å². The molecule has 18 heavy (non-hydrogen) atoms. The summed E-state index contributed by atoms with van der Waals surface area (Å²) >= 11 is 0. The Morgan fingerprint density at radius 1 is 1.17 bits per heavy atom. The number of carbonyl (C=O) groups excluding carboxylic acids is 1. The predicted molar refractivity (Wildman–Crippen MR) is 77.3 cm³/mol. The fourth-order valence-corrected chi connectivity index (χ4v) is 1.65. The van der Waals surface area contributed by atoms with E-state index in [9.17, 15) is 4.79 Å². The maximum absolute atomic E-state index is 11.8. The van der Waals surface area contributed by atoms with Crippen LogP contribution in [-0.4, -0.2) is 12.0 Å². The second-order valence-electron chi connectivity index (χ2n) is 5.45. The van der Waals surface area contributed by atoms with Crippen molar-refractivity contribution in [3.63, 3.8) is 0 Å². The van der Waals surface area contributed by atoms with Crippen LogP contribution >= 0.6 is 0 Å². The number of aliphatic imine (C=N–C) groups is 1. The Bertz CT molecular complexity index is 402. The number of ketones is 1. The maximum Gasteiger partial charge on any atom is 0.163 e. The lowest BCUT2D eigenvalue weighted by atomic mass is 10.0. The molecule has 0 atom stereocenters. The van der Waals surface area contributed by atoms with E-state index in [1.165, 1.54) is 0 Å². The van der Waals surface area contributed by atoms with Gasteiger partial charge in [0, 0.05) is 18.2 Å². The summed E-state index contributed by atoms with van der Waals surface area (Å²) in [6.45, 7) is 9.03. The minimum absolute atomic E-state index is 0.224. The normalized spacial score (nSPS) is 11.7. The number of hydrogen-bond donors (Lipinski definition) is 0. The molecule has 0 fully saturated rings. The van der Waals surface area contributed by atoms with Crippen LogP contribution in [0.1, 0.15) is 50.0 Å². The molecule has 98 valence electrons. The monoisotopic (exact) mass is 245 g/mol. The van der Waals surface area contributed by atoms with Crippen molar-refractivity contribution in [2.45, 2.75) is 40.7 Å². The number of Topliss-reactive ketones (excluding diaryl/α,β-unsaturated/α-hetero) is 1. The highest BCUT2D eigenvalue weighted by molar-refractivity contribution is 5.96. The van der Waals surface area contributed by atoms with Crippen molar-refractivity contribution in [3.8, 4) is 0 Å². The van der Waals surface area contributed by atoms with E-state index in [2.05, 4.69) is 32.7 Å². The van der Waals surface area contributed by atoms with Crippen molar-refractivity contribution in [2.75, 3.05) is 0 Å². The summed E-state index contributed by atoms with van der Waals surface area (Å²) in [5.74, 6) is 1.12. The van der Waals surface area contributed by atoms with Crippen LogP contribution in [0, 0.1) is 11.8 Å². The van der Waals surface area contributed by atoms with Gasteiger partial charge in [-0.05, 0) is 17.4 Å². The van der Waals surface area contributed by atoms with Gasteiger partial charge in [-0.1, -0.05) is 52.0 Å². The van der Waals surface area contributed by atoms with E-state index in [1.54, 1.807) is 0 Å². The predicted octanol–water partition coefficient (Wildman–Crippen LogP) is 4.14. The zero-order chi connectivity index (χ0) is 13.5. The molecule has 1 aromatic rings. The fourth-order valence-electron chi connectivity index (χ4n) is 1.65. The minimum atomic E-state index is 0.224. The highest BCUT2D eigenvalue weighted by Gasteiger charge is 2.07. The van der Waals surface area contributed by atoms with Crippen molar-refractivity contribution in [2.24, 2.45) is 16.8 Å². The lowest BCUT2D eigenvalue weighted by Gasteiger charge is -2.04. The fraction of sp³-hybridized carbons (Fsp3) is 0.500. The molecule has 0 amide bonds. The van der Waals surface area contributed by atoms with Crippen LogP contribution in [-0.2, 0) is 6.54 Å². The minimum Gasteiger partial charge on any atom is -0.294 e. The molecule has 2 heteroatoms. The van der Waals surface area contributed by atoms with Gasteiger partial charge in [-0.15, -0.1) is 0 Å². The Balaban J connectivity index is 2.60. The van der Waals surface area contributed by atoms with Crippen LogP contribution in [0.5, 0.6) is 0 Å². The summed E-state index contributed by atoms with van der Waals surface area (Å²) in [7, 11) is 0. The van der Waals surface area contributed by atoms with Crippen LogP contribution in [0.3, 0.4) is 0 Å². The van der Waals surface area contributed by atoms with Gasteiger partial charge in [-0.2, -0.15) is 0 Å². The summed E-state index contributed by atoms with van der Waals surface area (Å²) in [6.07, 6.45) is 2.57. The second-order valence-corrected chi connectivity index (χ2v) is 5.45. The first kappa shape index (κ1) is 14.6. The van der Waals surface area contributed by atoms with Crippen LogP contribution in [0.15, 0.2) is 29.3 Å². The summed E-state index contributed by atoms with van der Waals surface area (Å²) in [5.41, 5.74) is 1.95. The van der Waals surface area contributed by atoms with E-state index < -0.39 is 0 Å². The quantitative estimate of drug-likeness (QED) is 0.547. The van der Waals surface area contributed by atoms with Gasteiger partial charge in [0.25, 0.3) is 0 Å². The van der Waals surface area contributed by atoms with Crippen molar-refractivity contribution >= 4 is 12.0 Å². The van der Waals surface area contributed by atoms with Crippen molar-refractivity contribution < 1.29 is 4.79 Å². The van der Waals surface area contributed by atoms with Crippen LogP contribution in [0.4, 0.5) is 0 Å². The summed E-state index contributed by atoms with van der Waals surface area (Å²) < 4.78 is 0. The van der Waals surface area contributed by atoms with Gasteiger partial charge >= 0.3 is 0 Å². The van der Waals surface area contributed by atoms with Crippen molar-refractivity contribution in [1.29, 1.82) is 0 Å². The van der Waals surface area contributed by atoms with E-state index in [0.717, 1.165) is 11.1 Å². The molecule has 0 spiro atoms. The molecule has 2 nitrogen and oxygen atoms in total. The van der Waals surface area contributed by atoms with E-state index in [0.29, 0.717) is 24.8 Å². The van der Waals surface area contributed by atoms with Gasteiger partial charge in [0.15, 0.2) is 5.78 Å². The first-order valence-electron chi connectivity index (χ1n) is 6.61. The molecule has 0 aliphatic carbocycles. The Morgan fingerprint density at radius 3 is 2.28 bits per heavy atom. The topological polar surface area (TPSA) is 29.4 Å². The Morgan fingerprint density at radius 2 is 1.78 bits per heavy atom. The second kappa shape index (κ2) is 7.10. The first-order valence-corrected chi connectivity index (χ1v) is 6.61. The Labute approximate surface area is 110 Å². The molecule has 0 heterocycles. The standard InChI is InChI=1S/C16H23NO/c1-12(2)9-16(18)15-7-5-14(6-8-15)11-17-10-13(3)4/h5-8,10,12-13H,9,11H2,1-4H3. The Hall–Kier alpha value is -1.44. The number of nitrogens with zero attached hydrogens (tertiary/aromatic N) is 1. The van der Waals surface area contributed by atoms with E-state index >= 15 is 0 Å². The molecule has 0 bridgehead atoms. The number of carbonyl (C=O) groups is 1. The molecule has 0 aromatic heterocycles. The molecule has 0 aliphatic heterocycles. The zero-order valence-corrected chi connectivity index (χ0v) is 11.8. The van der Waals surface area contributed by atoms with E-state index in [-0.39, 0.29) is 5.78 Å². The van der Waals surface area contributed by atoms with Crippen molar-refractivity contribution in [1.82, 2.24) is 0 Å². The SMILES string of the molecule is CC(C)C=NCc1ccc(C(=O)CC(C)C)cc1. The summed E-state index contributed by atoms with van der Waals surface area (Å²) in [6, 6.07) is 7.80. The highest BCUT2D eigenvalue weighted by Crippen LogP contribution is 2.11. The number of rotatable bonds is 6. The van der Waals surface area contributed by atoms with Crippen LogP contribution < -0.4 is 0 Å². The van der Waals surface area contributed by atoms with Gasteiger partial charge in [-0.25, -0.2) is 0 Å². The first-order chi connectivity index (χ1) is 8.49. The molecule has 0 saturated carbocycles. The lowest BCUT2D eigenvalue weighted by Crippen LogP contribution is -2.03. The number of hydrogen-bond acceptors (Lipinski definition) is 2. The third kappa shape index (κ3) is 5.26. The third-order valence-electron chi connectivity index (χ3n) is 2.55. The molecular weight excluding hydrogens is 222 g/mol. The molecule has 1 aromatic carbocycles. The molecule has 0 saturated heterocycles. The lowest BCUT2D eigenvalue weighted by molar-refractivity contribution is 0.0968. The average molecular weight is 245 g/mol. The highest BCUT2D eigenvalue weighted by atomic mass is 16.1. The van der Waals surface area contributed by atoms with Crippen LogP contribution in [0.25, 0.3) is 0 Å². The van der Waals surface area contributed by atoms with E-state index in [4.69, 9.17) is 0 Å². The molecule has 0 radical (unpaired) electrons. The van der Waals surface area contributed by atoms with Crippen molar-refractivity contribution in [3.05, 3.63) is 35.4 Å². The van der Waals surface area contributed by atoms with Gasteiger partial charge in [0.2, 0.25) is 0 Å². The van der Waals surface area contributed by atoms with Gasteiger partial charge < -0.3 is 0 Å². The van der Waals surface area contributed by atoms with Gasteiger partial charge in [0.1, 0.15) is 0 Å². The third-order valence-corrected chi connectivity index (χ3v) is 2.55. The molecule has 0 N–H and O–H groups in total. The zero-order valence-electron chi connectivity index (χ0n) is 11.8. The van der Waals surface area contributed by atoms with E-state index in [1.807, 2.05) is 30.5 Å². The Kier molecular flexibility index (Phi) is 5.76. The molecule has 1 rings (SSSR count).